The minimum Gasteiger partial charge on any atom is -0.324 e. The number of hydrogen-bond acceptors (Lipinski definition) is 3. The van der Waals surface area contributed by atoms with Crippen LogP contribution in [0.2, 0.25) is 0 Å². The van der Waals surface area contributed by atoms with Gasteiger partial charge in [-0.25, -0.2) is 4.39 Å². The smallest absolute Gasteiger partial charge is 0.234 e. The molecule has 0 unspecified atom stereocenters. The van der Waals surface area contributed by atoms with Gasteiger partial charge in [-0.05, 0) is 25.0 Å². The first kappa shape index (κ1) is 13.9. The number of carbonyl (C=O) groups is 1. The highest BCUT2D eigenvalue weighted by atomic mass is 32.2. The summed E-state index contributed by atoms with van der Waals surface area (Å²) in [6.07, 6.45) is 6.20. The zero-order chi connectivity index (χ0) is 13.9. The lowest BCUT2D eigenvalue weighted by Gasteiger charge is -2.23. The lowest BCUT2D eigenvalue weighted by molar-refractivity contribution is -0.113. The maximum Gasteiger partial charge on any atom is 0.234 e. The monoisotopic (exact) mass is 294 g/mol. The molecular weight excluding hydrogens is 275 g/mol. The van der Waals surface area contributed by atoms with Gasteiger partial charge in [-0.15, -0.1) is 11.8 Å². The fourth-order valence-electron chi connectivity index (χ4n) is 2.84. The Hall–Kier alpha value is -1.07. The predicted molar refractivity (Wildman–Crippen MR) is 79.5 cm³/mol. The number of carbonyl (C=O) groups excluding carboxylic acids is 1. The summed E-state index contributed by atoms with van der Waals surface area (Å²) in [7, 11) is 0. The van der Waals surface area contributed by atoms with Gasteiger partial charge in [-0.1, -0.05) is 19.3 Å². The summed E-state index contributed by atoms with van der Waals surface area (Å²) in [5.41, 5.74) is 1.38. The Bertz CT molecular complexity index is 515. The molecule has 2 N–H and O–H groups in total. The van der Waals surface area contributed by atoms with Crippen molar-refractivity contribution >= 4 is 23.4 Å². The zero-order valence-electron chi connectivity index (χ0n) is 11.4. The van der Waals surface area contributed by atoms with Gasteiger partial charge in [0.05, 0.1) is 11.4 Å². The maximum absolute atomic E-state index is 14.1. The molecule has 0 atom stereocenters. The van der Waals surface area contributed by atoms with E-state index in [1.165, 1.54) is 49.9 Å². The third kappa shape index (κ3) is 3.15. The Balaban J connectivity index is 1.69. The summed E-state index contributed by atoms with van der Waals surface area (Å²) in [5, 5.41) is 6.25. The van der Waals surface area contributed by atoms with Gasteiger partial charge in [0, 0.05) is 23.0 Å². The highest BCUT2D eigenvalue weighted by Crippen LogP contribution is 2.33. The first-order valence-electron chi connectivity index (χ1n) is 7.21. The van der Waals surface area contributed by atoms with Gasteiger partial charge < -0.3 is 10.6 Å². The zero-order valence-corrected chi connectivity index (χ0v) is 12.2. The molecule has 1 aliphatic heterocycles. The Morgan fingerprint density at radius 3 is 2.90 bits per heavy atom. The number of halogens is 1. The second-order valence-electron chi connectivity index (χ2n) is 5.49. The van der Waals surface area contributed by atoms with Gasteiger partial charge in [0.1, 0.15) is 5.82 Å². The van der Waals surface area contributed by atoms with Crippen molar-refractivity contribution in [3.8, 4) is 0 Å². The van der Waals surface area contributed by atoms with Crippen LogP contribution in [0.4, 0.5) is 10.1 Å². The van der Waals surface area contributed by atoms with Crippen LogP contribution in [0.5, 0.6) is 0 Å². The van der Waals surface area contributed by atoms with Gasteiger partial charge in [-0.2, -0.15) is 0 Å². The number of thioether (sulfide) groups is 1. The topological polar surface area (TPSA) is 41.1 Å². The molecule has 0 radical (unpaired) electrons. The number of fused-ring (bicyclic) bond motifs is 1. The van der Waals surface area contributed by atoms with E-state index in [0.29, 0.717) is 23.9 Å². The van der Waals surface area contributed by atoms with Crippen LogP contribution < -0.4 is 10.6 Å². The van der Waals surface area contributed by atoms with Gasteiger partial charge >= 0.3 is 0 Å². The SMILES string of the molecule is O=C1CSc2cc(F)c(CNC3CCCCC3)cc2N1. The van der Waals surface area contributed by atoms with E-state index in [-0.39, 0.29) is 11.7 Å². The summed E-state index contributed by atoms with van der Waals surface area (Å²) < 4.78 is 14.1. The lowest BCUT2D eigenvalue weighted by Crippen LogP contribution is -2.30. The third-order valence-electron chi connectivity index (χ3n) is 3.97. The van der Waals surface area contributed by atoms with Crippen LogP contribution in [0.25, 0.3) is 0 Å². The lowest BCUT2D eigenvalue weighted by atomic mass is 9.95. The highest BCUT2D eigenvalue weighted by Gasteiger charge is 2.19. The summed E-state index contributed by atoms with van der Waals surface area (Å²) in [4.78, 5) is 12.2. The van der Waals surface area contributed by atoms with E-state index in [9.17, 15) is 9.18 Å². The molecule has 20 heavy (non-hydrogen) atoms. The van der Waals surface area contributed by atoms with Crippen molar-refractivity contribution in [2.24, 2.45) is 0 Å². The molecule has 3 nitrogen and oxygen atoms in total. The minimum absolute atomic E-state index is 0.0136. The van der Waals surface area contributed by atoms with Crippen molar-refractivity contribution in [2.45, 2.75) is 49.6 Å². The minimum atomic E-state index is -0.185. The Morgan fingerprint density at radius 1 is 1.30 bits per heavy atom. The van der Waals surface area contributed by atoms with Crippen LogP contribution in [-0.4, -0.2) is 17.7 Å². The number of anilines is 1. The number of benzene rings is 1. The van der Waals surface area contributed by atoms with Crippen molar-refractivity contribution in [3.63, 3.8) is 0 Å². The molecule has 1 heterocycles. The third-order valence-corrected chi connectivity index (χ3v) is 5.02. The highest BCUT2D eigenvalue weighted by molar-refractivity contribution is 8.00. The molecule has 0 bridgehead atoms. The van der Waals surface area contributed by atoms with E-state index in [4.69, 9.17) is 0 Å². The molecule has 2 aliphatic rings. The first-order chi connectivity index (χ1) is 9.72. The Morgan fingerprint density at radius 2 is 2.10 bits per heavy atom. The molecule has 5 heteroatoms. The molecule has 0 aromatic heterocycles. The van der Waals surface area contributed by atoms with Gasteiger partial charge in [0.15, 0.2) is 0 Å². The van der Waals surface area contributed by atoms with Crippen molar-refractivity contribution in [3.05, 3.63) is 23.5 Å². The number of nitrogens with one attached hydrogen (secondary N) is 2. The van der Waals surface area contributed by atoms with Crippen LogP contribution >= 0.6 is 11.8 Å². The van der Waals surface area contributed by atoms with E-state index in [1.807, 2.05) is 0 Å². The largest absolute Gasteiger partial charge is 0.324 e. The maximum atomic E-state index is 14.1. The van der Waals surface area contributed by atoms with Crippen LogP contribution in [-0.2, 0) is 11.3 Å². The predicted octanol–water partition coefficient (Wildman–Crippen LogP) is 3.29. The molecule has 0 saturated heterocycles. The summed E-state index contributed by atoms with van der Waals surface area (Å²) >= 11 is 1.39. The average molecular weight is 294 g/mol. The molecule has 0 spiro atoms. The Kier molecular flexibility index (Phi) is 4.27. The Labute approximate surface area is 122 Å². The molecule has 1 amide bonds. The normalized spacial score (nSPS) is 19.6. The van der Waals surface area contributed by atoms with Crippen LogP contribution in [0.15, 0.2) is 17.0 Å². The molecule has 1 saturated carbocycles. The van der Waals surface area contributed by atoms with E-state index in [1.54, 1.807) is 6.07 Å². The van der Waals surface area contributed by atoms with Gasteiger partial charge in [-0.3, -0.25) is 4.79 Å². The van der Waals surface area contributed by atoms with E-state index >= 15 is 0 Å². The molecule has 1 aromatic rings. The van der Waals surface area contributed by atoms with Crippen molar-refractivity contribution in [2.75, 3.05) is 11.1 Å². The number of hydrogen-bond donors (Lipinski definition) is 2. The fourth-order valence-corrected chi connectivity index (χ4v) is 3.65. The number of rotatable bonds is 3. The first-order valence-corrected chi connectivity index (χ1v) is 8.19. The van der Waals surface area contributed by atoms with E-state index < -0.39 is 0 Å². The van der Waals surface area contributed by atoms with Crippen LogP contribution in [0.3, 0.4) is 0 Å². The van der Waals surface area contributed by atoms with E-state index in [0.717, 1.165) is 10.6 Å². The van der Waals surface area contributed by atoms with Crippen LogP contribution in [0, 0.1) is 5.82 Å². The van der Waals surface area contributed by atoms with Crippen molar-refractivity contribution in [1.82, 2.24) is 5.32 Å². The average Bonchev–Trinajstić information content (AvgIpc) is 2.46. The number of amides is 1. The molecular formula is C15H19FN2OS. The van der Waals surface area contributed by atoms with Crippen molar-refractivity contribution in [1.29, 1.82) is 0 Å². The molecule has 1 aliphatic carbocycles. The summed E-state index contributed by atoms with van der Waals surface area (Å²) in [5.74, 6) is 0.169. The summed E-state index contributed by atoms with van der Waals surface area (Å²) in [6, 6.07) is 3.81. The van der Waals surface area contributed by atoms with E-state index in [2.05, 4.69) is 10.6 Å². The standard InChI is InChI=1S/C15H19FN2OS/c16-12-7-14-13(18-15(19)9-20-14)6-10(12)8-17-11-4-2-1-3-5-11/h6-7,11,17H,1-5,8-9H2,(H,18,19). The summed E-state index contributed by atoms with van der Waals surface area (Å²) in [6.45, 7) is 0.532. The van der Waals surface area contributed by atoms with Crippen LogP contribution in [0.1, 0.15) is 37.7 Å². The molecule has 3 rings (SSSR count). The molecule has 108 valence electrons. The quantitative estimate of drug-likeness (QED) is 0.899. The molecule has 1 fully saturated rings. The fraction of sp³-hybridized carbons (Fsp3) is 0.533. The van der Waals surface area contributed by atoms with Gasteiger partial charge in [0.25, 0.3) is 0 Å². The second kappa shape index (κ2) is 6.14. The molecule has 1 aromatic carbocycles. The van der Waals surface area contributed by atoms with Gasteiger partial charge in [0.2, 0.25) is 5.91 Å². The van der Waals surface area contributed by atoms with Crippen molar-refractivity contribution < 1.29 is 9.18 Å². The second-order valence-corrected chi connectivity index (χ2v) is 6.51.